The Morgan fingerprint density at radius 2 is 1.86 bits per heavy atom. The number of carbonyl (C=O) groups is 2. The van der Waals surface area contributed by atoms with E-state index in [4.69, 9.17) is 18.9 Å². The maximum Gasteiger partial charge on any atom is 0.313 e. The SMILES string of the molecule is COc1cc2c(OC3=CC=C(NC(=O)C(=O)NCCc4ccccc4)CC3F)ccnc2cc1OCCCN1CCOCC1. The van der Waals surface area contributed by atoms with Crippen LogP contribution in [0, 0.1) is 0 Å². The van der Waals surface area contributed by atoms with E-state index < -0.39 is 18.0 Å². The molecule has 2 aromatic carbocycles. The van der Waals surface area contributed by atoms with Crippen molar-refractivity contribution in [3.05, 3.63) is 83.9 Å². The highest BCUT2D eigenvalue weighted by Crippen LogP contribution is 2.37. The minimum Gasteiger partial charge on any atom is -0.493 e. The molecule has 44 heavy (non-hydrogen) atoms. The number of pyridine rings is 1. The Bertz CT molecular complexity index is 1510. The molecule has 1 unspecified atom stereocenters. The van der Waals surface area contributed by atoms with Gasteiger partial charge in [-0.2, -0.15) is 0 Å². The highest BCUT2D eigenvalue weighted by molar-refractivity contribution is 6.35. The predicted molar refractivity (Wildman–Crippen MR) is 163 cm³/mol. The first-order valence-corrected chi connectivity index (χ1v) is 14.8. The van der Waals surface area contributed by atoms with E-state index in [1.807, 2.05) is 30.3 Å². The number of nitrogens with one attached hydrogen (secondary N) is 2. The molecule has 1 aliphatic carbocycles. The number of aromatic nitrogens is 1. The van der Waals surface area contributed by atoms with Gasteiger partial charge in [0, 0.05) is 55.9 Å². The smallest absolute Gasteiger partial charge is 0.313 e. The van der Waals surface area contributed by atoms with Crippen molar-refractivity contribution in [2.75, 3.05) is 53.1 Å². The molecule has 0 bridgehead atoms. The van der Waals surface area contributed by atoms with Crippen LogP contribution in [0.1, 0.15) is 18.4 Å². The molecule has 3 aromatic rings. The Hall–Kier alpha value is -4.48. The zero-order valence-corrected chi connectivity index (χ0v) is 24.7. The highest BCUT2D eigenvalue weighted by Gasteiger charge is 2.24. The van der Waals surface area contributed by atoms with E-state index in [-0.39, 0.29) is 17.9 Å². The number of methoxy groups -OCH3 is 1. The van der Waals surface area contributed by atoms with Crippen LogP contribution in [0.2, 0.25) is 0 Å². The van der Waals surface area contributed by atoms with Gasteiger partial charge in [0.15, 0.2) is 17.7 Å². The van der Waals surface area contributed by atoms with Gasteiger partial charge < -0.3 is 29.6 Å². The Morgan fingerprint density at radius 1 is 1.05 bits per heavy atom. The summed E-state index contributed by atoms with van der Waals surface area (Å²) in [4.78, 5) is 31.4. The van der Waals surface area contributed by atoms with Crippen LogP contribution in [0.3, 0.4) is 0 Å². The molecular weight excluding hydrogens is 567 g/mol. The van der Waals surface area contributed by atoms with Gasteiger partial charge in [0.25, 0.3) is 0 Å². The lowest BCUT2D eigenvalue weighted by molar-refractivity contribution is -0.138. The number of halogens is 1. The lowest BCUT2D eigenvalue weighted by atomic mass is 10.1. The number of amides is 2. The highest BCUT2D eigenvalue weighted by atomic mass is 19.1. The van der Waals surface area contributed by atoms with Gasteiger partial charge in [-0.3, -0.25) is 19.5 Å². The van der Waals surface area contributed by atoms with Crippen LogP contribution >= 0.6 is 0 Å². The molecule has 1 fully saturated rings. The van der Waals surface area contributed by atoms with Crippen LogP contribution in [0.25, 0.3) is 10.9 Å². The van der Waals surface area contributed by atoms with Crippen molar-refractivity contribution in [3.63, 3.8) is 0 Å². The fraction of sp³-hybridized carbons (Fsp3) is 0.364. The van der Waals surface area contributed by atoms with Gasteiger partial charge in [0.2, 0.25) is 0 Å². The molecule has 0 saturated carbocycles. The minimum atomic E-state index is -1.53. The molecule has 232 valence electrons. The standard InChI is InChI=1S/C33H37FN4O6/c1-41-30-21-25-27(22-31(30)43-17-5-14-38-15-18-42-19-16-38)35-13-11-28(25)44-29-9-8-24(20-26(29)34)37-33(40)32(39)36-12-10-23-6-3-2-4-7-23/h2-4,6-9,11,13,21-22,26H,5,10,12,14-20H2,1H3,(H,36,39)(H,37,40). The fourth-order valence-corrected chi connectivity index (χ4v) is 5.00. The number of hydrogen-bond donors (Lipinski definition) is 2. The van der Waals surface area contributed by atoms with Gasteiger partial charge in [-0.05, 0) is 42.7 Å². The average Bonchev–Trinajstić information content (AvgIpc) is 3.05. The van der Waals surface area contributed by atoms with E-state index in [1.54, 1.807) is 31.5 Å². The van der Waals surface area contributed by atoms with E-state index >= 15 is 4.39 Å². The number of fused-ring (bicyclic) bond motifs is 1. The number of alkyl halides is 1. The van der Waals surface area contributed by atoms with Crippen molar-refractivity contribution in [1.82, 2.24) is 20.5 Å². The van der Waals surface area contributed by atoms with Crippen molar-refractivity contribution in [2.45, 2.75) is 25.4 Å². The maximum atomic E-state index is 15.2. The summed E-state index contributed by atoms with van der Waals surface area (Å²) in [6, 6.07) is 14.8. The van der Waals surface area contributed by atoms with Crippen LogP contribution in [0.4, 0.5) is 4.39 Å². The van der Waals surface area contributed by atoms with Gasteiger partial charge in [0.1, 0.15) is 11.5 Å². The number of hydrogen-bond acceptors (Lipinski definition) is 8. The topological polar surface area (TPSA) is 111 Å². The zero-order valence-electron chi connectivity index (χ0n) is 24.7. The van der Waals surface area contributed by atoms with Gasteiger partial charge in [-0.25, -0.2) is 4.39 Å². The number of rotatable bonds is 12. The fourth-order valence-electron chi connectivity index (χ4n) is 5.00. The Labute approximate surface area is 255 Å². The summed E-state index contributed by atoms with van der Waals surface area (Å²) >= 11 is 0. The average molecular weight is 605 g/mol. The van der Waals surface area contributed by atoms with Crippen molar-refractivity contribution >= 4 is 22.7 Å². The summed E-state index contributed by atoms with van der Waals surface area (Å²) in [5.74, 6) is -0.0612. The number of benzene rings is 2. The van der Waals surface area contributed by atoms with Crippen molar-refractivity contribution < 1.29 is 32.9 Å². The molecule has 1 aromatic heterocycles. The molecule has 1 saturated heterocycles. The second-order valence-corrected chi connectivity index (χ2v) is 10.5. The van der Waals surface area contributed by atoms with Gasteiger partial charge in [-0.15, -0.1) is 0 Å². The minimum absolute atomic E-state index is 0.0743. The summed E-state index contributed by atoms with van der Waals surface area (Å²) in [5.41, 5.74) is 1.94. The second kappa shape index (κ2) is 15.3. The van der Waals surface area contributed by atoms with Crippen LogP contribution in [0.15, 0.2) is 78.3 Å². The molecule has 0 radical (unpaired) electrons. The predicted octanol–water partition coefficient (Wildman–Crippen LogP) is 3.71. The first-order valence-electron chi connectivity index (χ1n) is 14.8. The third-order valence-electron chi connectivity index (χ3n) is 7.37. The second-order valence-electron chi connectivity index (χ2n) is 10.5. The van der Waals surface area contributed by atoms with E-state index in [2.05, 4.69) is 20.5 Å². The largest absolute Gasteiger partial charge is 0.493 e. The number of nitrogens with zero attached hydrogens (tertiary/aromatic N) is 2. The molecule has 0 spiro atoms. The lowest BCUT2D eigenvalue weighted by Crippen LogP contribution is -2.41. The maximum absolute atomic E-state index is 15.2. The number of allylic oxidation sites excluding steroid dienone is 4. The lowest BCUT2D eigenvalue weighted by Gasteiger charge is -2.26. The normalized spacial score (nSPS) is 16.9. The van der Waals surface area contributed by atoms with Crippen LogP contribution < -0.4 is 24.8 Å². The number of carbonyl (C=O) groups excluding carboxylic acids is 2. The van der Waals surface area contributed by atoms with Gasteiger partial charge in [-0.1, -0.05) is 30.3 Å². The molecule has 1 atom stereocenters. The number of morpholine rings is 1. The van der Waals surface area contributed by atoms with Crippen LogP contribution in [-0.2, 0) is 20.7 Å². The molecule has 2 heterocycles. The Balaban J connectivity index is 1.17. The summed E-state index contributed by atoms with van der Waals surface area (Å²) in [7, 11) is 1.56. The Kier molecular flexibility index (Phi) is 10.8. The van der Waals surface area contributed by atoms with E-state index in [0.29, 0.717) is 47.7 Å². The van der Waals surface area contributed by atoms with Gasteiger partial charge >= 0.3 is 11.8 Å². The molecule has 5 rings (SSSR count). The van der Waals surface area contributed by atoms with Crippen molar-refractivity contribution in [3.8, 4) is 17.2 Å². The van der Waals surface area contributed by atoms with E-state index in [1.165, 1.54) is 12.2 Å². The molecule has 1 aliphatic heterocycles. The molecule has 11 heteroatoms. The summed E-state index contributed by atoms with van der Waals surface area (Å²) in [6.07, 6.45) is 4.34. The molecule has 2 amide bonds. The number of ether oxygens (including phenoxy) is 4. The molecule has 2 aliphatic rings. The summed E-state index contributed by atoms with van der Waals surface area (Å²) < 4.78 is 38.2. The first kappa shape index (κ1) is 31.0. The Morgan fingerprint density at radius 3 is 2.64 bits per heavy atom. The monoisotopic (exact) mass is 604 g/mol. The van der Waals surface area contributed by atoms with Crippen LogP contribution in [0.5, 0.6) is 17.2 Å². The molecular formula is C33H37FN4O6. The summed E-state index contributed by atoms with van der Waals surface area (Å²) in [5, 5.41) is 5.71. The van der Waals surface area contributed by atoms with E-state index in [9.17, 15) is 9.59 Å². The zero-order chi connectivity index (χ0) is 30.7. The molecule has 2 N–H and O–H groups in total. The van der Waals surface area contributed by atoms with E-state index in [0.717, 1.165) is 44.8 Å². The third kappa shape index (κ3) is 8.33. The third-order valence-corrected chi connectivity index (χ3v) is 7.37. The van der Waals surface area contributed by atoms with Crippen molar-refractivity contribution in [1.29, 1.82) is 0 Å². The van der Waals surface area contributed by atoms with Crippen LogP contribution in [-0.4, -0.2) is 81.0 Å². The quantitative estimate of drug-likeness (QED) is 0.238. The van der Waals surface area contributed by atoms with Crippen molar-refractivity contribution in [2.24, 2.45) is 0 Å². The van der Waals surface area contributed by atoms with Gasteiger partial charge in [0.05, 0.1) is 32.4 Å². The molecule has 10 nitrogen and oxygen atoms in total. The first-order chi connectivity index (χ1) is 21.5. The summed E-state index contributed by atoms with van der Waals surface area (Å²) in [6.45, 7) is 5.15.